The largest absolute Gasteiger partial charge is 0.377 e. The van der Waals surface area contributed by atoms with E-state index in [0.717, 1.165) is 5.25 Å². The van der Waals surface area contributed by atoms with Gasteiger partial charge in [0.2, 0.25) is 0 Å². The first-order chi connectivity index (χ1) is 5.22. The van der Waals surface area contributed by atoms with Gasteiger partial charge in [0, 0.05) is 18.3 Å². The number of hydrogen-bond donors (Lipinski definition) is 0. The molecule has 1 nitrogen and oxygen atoms in total. The SMILES string of the molecule is CC1SCC/C=C\N(C)C1C. The van der Waals surface area contributed by atoms with Crippen LogP contribution in [-0.2, 0) is 0 Å². The lowest BCUT2D eigenvalue weighted by atomic mass is 10.2. The Labute approximate surface area is 73.8 Å². The number of nitrogens with zero attached hydrogens (tertiary/aromatic N) is 1. The van der Waals surface area contributed by atoms with E-state index in [9.17, 15) is 0 Å². The zero-order valence-corrected chi connectivity index (χ0v) is 8.40. The van der Waals surface area contributed by atoms with E-state index < -0.39 is 0 Å². The van der Waals surface area contributed by atoms with Crippen LogP contribution in [0.25, 0.3) is 0 Å². The molecule has 0 aromatic heterocycles. The molecule has 64 valence electrons. The molecule has 0 amide bonds. The molecule has 1 aliphatic rings. The quantitative estimate of drug-likeness (QED) is 0.550. The molecule has 0 N–H and O–H groups in total. The minimum atomic E-state index is 0.663. The van der Waals surface area contributed by atoms with Crippen molar-refractivity contribution in [3.63, 3.8) is 0 Å². The molecule has 0 aromatic rings. The van der Waals surface area contributed by atoms with Gasteiger partial charge < -0.3 is 4.90 Å². The van der Waals surface area contributed by atoms with Crippen molar-refractivity contribution in [3.8, 4) is 0 Å². The fraction of sp³-hybridized carbons (Fsp3) is 0.778. The van der Waals surface area contributed by atoms with E-state index in [4.69, 9.17) is 0 Å². The lowest BCUT2D eigenvalue weighted by Gasteiger charge is -2.29. The van der Waals surface area contributed by atoms with Crippen molar-refractivity contribution in [1.82, 2.24) is 4.90 Å². The van der Waals surface area contributed by atoms with Gasteiger partial charge in [-0.25, -0.2) is 0 Å². The third-order valence-corrected chi connectivity index (χ3v) is 3.72. The second-order valence-corrected chi connectivity index (χ2v) is 4.64. The monoisotopic (exact) mass is 171 g/mol. The highest BCUT2D eigenvalue weighted by Crippen LogP contribution is 2.20. The fourth-order valence-electron chi connectivity index (χ4n) is 1.17. The summed E-state index contributed by atoms with van der Waals surface area (Å²) in [5, 5.41) is 0.755. The summed E-state index contributed by atoms with van der Waals surface area (Å²) in [6.45, 7) is 4.60. The first-order valence-corrected chi connectivity index (χ1v) is 5.27. The molecule has 0 bridgehead atoms. The summed E-state index contributed by atoms with van der Waals surface area (Å²) in [7, 11) is 2.16. The molecule has 1 rings (SSSR count). The molecule has 1 heterocycles. The molecule has 0 saturated carbocycles. The van der Waals surface area contributed by atoms with Gasteiger partial charge in [0.15, 0.2) is 0 Å². The first kappa shape index (κ1) is 8.98. The van der Waals surface area contributed by atoms with Crippen LogP contribution in [0.15, 0.2) is 12.3 Å². The van der Waals surface area contributed by atoms with Gasteiger partial charge in [-0.15, -0.1) is 0 Å². The Hall–Kier alpha value is -0.110. The number of thioether (sulfide) groups is 1. The van der Waals surface area contributed by atoms with Crippen LogP contribution in [0.4, 0.5) is 0 Å². The van der Waals surface area contributed by atoms with Crippen LogP contribution in [0.5, 0.6) is 0 Å². The number of rotatable bonds is 0. The molecule has 0 saturated heterocycles. The van der Waals surface area contributed by atoms with E-state index in [1.54, 1.807) is 0 Å². The van der Waals surface area contributed by atoms with Crippen LogP contribution in [0.2, 0.25) is 0 Å². The Morgan fingerprint density at radius 1 is 1.45 bits per heavy atom. The van der Waals surface area contributed by atoms with Gasteiger partial charge in [-0.3, -0.25) is 0 Å². The molecule has 0 fully saturated rings. The third kappa shape index (κ3) is 2.44. The zero-order valence-electron chi connectivity index (χ0n) is 7.58. The van der Waals surface area contributed by atoms with E-state index in [1.807, 2.05) is 0 Å². The predicted octanol–water partition coefficient (Wildman–Crippen LogP) is 2.35. The average Bonchev–Trinajstić information content (AvgIpc) is 2.00. The summed E-state index contributed by atoms with van der Waals surface area (Å²) < 4.78 is 0. The van der Waals surface area contributed by atoms with Crippen LogP contribution in [-0.4, -0.2) is 29.0 Å². The van der Waals surface area contributed by atoms with Crippen molar-refractivity contribution in [1.29, 1.82) is 0 Å². The van der Waals surface area contributed by atoms with Crippen LogP contribution in [0.1, 0.15) is 20.3 Å². The minimum Gasteiger partial charge on any atom is -0.377 e. The van der Waals surface area contributed by atoms with Gasteiger partial charge in [-0.05, 0) is 25.3 Å². The molecule has 0 radical (unpaired) electrons. The van der Waals surface area contributed by atoms with Crippen molar-refractivity contribution >= 4 is 11.8 Å². The molecular formula is C9H17NS. The predicted molar refractivity (Wildman–Crippen MR) is 52.9 cm³/mol. The van der Waals surface area contributed by atoms with E-state index >= 15 is 0 Å². The number of allylic oxidation sites excluding steroid dienone is 1. The maximum atomic E-state index is 2.31. The molecule has 0 aliphatic carbocycles. The first-order valence-electron chi connectivity index (χ1n) is 4.22. The molecule has 2 heteroatoms. The van der Waals surface area contributed by atoms with Crippen LogP contribution in [0, 0.1) is 0 Å². The molecule has 11 heavy (non-hydrogen) atoms. The van der Waals surface area contributed by atoms with Crippen molar-refractivity contribution in [2.45, 2.75) is 31.6 Å². The Morgan fingerprint density at radius 3 is 2.91 bits per heavy atom. The van der Waals surface area contributed by atoms with Gasteiger partial charge in [-0.1, -0.05) is 13.0 Å². The lowest BCUT2D eigenvalue weighted by molar-refractivity contribution is 0.348. The highest BCUT2D eigenvalue weighted by molar-refractivity contribution is 7.99. The van der Waals surface area contributed by atoms with Crippen LogP contribution >= 0.6 is 11.8 Å². The molecule has 2 unspecified atom stereocenters. The van der Waals surface area contributed by atoms with E-state index in [2.05, 4.69) is 49.8 Å². The highest BCUT2D eigenvalue weighted by Gasteiger charge is 2.15. The molecule has 2 atom stereocenters. The molecule has 1 aliphatic heterocycles. The van der Waals surface area contributed by atoms with Crippen molar-refractivity contribution in [2.75, 3.05) is 12.8 Å². The average molecular weight is 171 g/mol. The van der Waals surface area contributed by atoms with Crippen molar-refractivity contribution in [3.05, 3.63) is 12.3 Å². The van der Waals surface area contributed by atoms with Crippen molar-refractivity contribution in [2.24, 2.45) is 0 Å². The van der Waals surface area contributed by atoms with Gasteiger partial charge in [0.05, 0.1) is 0 Å². The molecule has 0 spiro atoms. The third-order valence-electron chi connectivity index (χ3n) is 2.33. The topological polar surface area (TPSA) is 3.24 Å². The summed E-state index contributed by atoms with van der Waals surface area (Å²) in [6.07, 6.45) is 5.68. The highest BCUT2D eigenvalue weighted by atomic mass is 32.2. The second-order valence-electron chi connectivity index (χ2n) is 3.16. The number of hydrogen-bond acceptors (Lipinski definition) is 2. The Kier molecular flexibility index (Phi) is 3.31. The summed E-state index contributed by atoms with van der Waals surface area (Å²) in [5.41, 5.74) is 0. The fourth-order valence-corrected chi connectivity index (χ4v) is 2.28. The van der Waals surface area contributed by atoms with Crippen LogP contribution < -0.4 is 0 Å². The summed E-state index contributed by atoms with van der Waals surface area (Å²) >= 11 is 2.07. The smallest absolute Gasteiger partial charge is 0.0368 e. The van der Waals surface area contributed by atoms with E-state index in [1.165, 1.54) is 12.2 Å². The summed E-state index contributed by atoms with van der Waals surface area (Å²) in [4.78, 5) is 2.30. The van der Waals surface area contributed by atoms with E-state index in [0.29, 0.717) is 6.04 Å². The summed E-state index contributed by atoms with van der Waals surface area (Å²) in [6, 6.07) is 0.663. The van der Waals surface area contributed by atoms with Gasteiger partial charge in [-0.2, -0.15) is 11.8 Å². The second kappa shape index (κ2) is 4.05. The maximum Gasteiger partial charge on any atom is 0.0368 e. The Bertz CT molecular complexity index is 144. The van der Waals surface area contributed by atoms with Crippen molar-refractivity contribution < 1.29 is 0 Å². The zero-order chi connectivity index (χ0) is 8.27. The minimum absolute atomic E-state index is 0.663. The Morgan fingerprint density at radius 2 is 2.18 bits per heavy atom. The normalized spacial score (nSPS) is 36.1. The Balaban J connectivity index is 2.57. The lowest BCUT2D eigenvalue weighted by Crippen LogP contribution is -2.33. The van der Waals surface area contributed by atoms with Gasteiger partial charge >= 0.3 is 0 Å². The van der Waals surface area contributed by atoms with Gasteiger partial charge in [0.25, 0.3) is 0 Å². The summed E-state index contributed by atoms with van der Waals surface area (Å²) in [5.74, 6) is 1.27. The molecular weight excluding hydrogens is 154 g/mol. The maximum absolute atomic E-state index is 2.31. The van der Waals surface area contributed by atoms with Crippen LogP contribution in [0.3, 0.4) is 0 Å². The standard InChI is InChI=1S/C9H17NS/c1-8-9(2)11-7-5-4-6-10(8)3/h4,6,8-9H,5,7H2,1-3H3/b6-4-. The molecule has 0 aromatic carbocycles. The van der Waals surface area contributed by atoms with Gasteiger partial charge in [0.1, 0.15) is 0 Å². The van der Waals surface area contributed by atoms with E-state index in [-0.39, 0.29) is 0 Å².